The highest BCUT2D eigenvalue weighted by Gasteiger charge is 2.17. The highest BCUT2D eigenvalue weighted by molar-refractivity contribution is 6.03. The van der Waals surface area contributed by atoms with Gasteiger partial charge in [-0.1, -0.05) is 6.07 Å². The van der Waals surface area contributed by atoms with Crippen molar-refractivity contribution in [3.63, 3.8) is 0 Å². The molecular formula is C13H15NO2. The quantitative estimate of drug-likeness (QED) is 0.797. The normalized spacial score (nSPS) is 11.9. The summed E-state index contributed by atoms with van der Waals surface area (Å²) in [5, 5.41) is 9.88. The fraction of sp³-hybridized carbons (Fsp3) is 0.308. The number of carboxylic acid groups (broad SMARTS) is 1. The molecule has 0 radical (unpaired) electrons. The molecule has 0 aliphatic heterocycles. The van der Waals surface area contributed by atoms with Gasteiger partial charge in [-0.15, -0.1) is 0 Å². The van der Waals surface area contributed by atoms with Gasteiger partial charge >= 0.3 is 5.97 Å². The number of fused-ring (bicyclic) bond motifs is 1. The molecule has 0 aliphatic rings. The zero-order valence-corrected chi connectivity index (χ0v) is 9.69. The number of carboxylic acids is 1. The molecule has 16 heavy (non-hydrogen) atoms. The van der Waals surface area contributed by atoms with E-state index < -0.39 is 5.97 Å². The number of carbonyl (C=O) groups is 1. The molecule has 3 nitrogen and oxygen atoms in total. The Morgan fingerprint density at radius 2 is 1.94 bits per heavy atom. The molecule has 1 N–H and O–H groups in total. The lowest BCUT2D eigenvalue weighted by Gasteiger charge is -2.22. The van der Waals surface area contributed by atoms with E-state index in [1.807, 2.05) is 18.3 Å². The van der Waals surface area contributed by atoms with Crippen molar-refractivity contribution in [1.82, 2.24) is 4.57 Å². The molecule has 2 rings (SSSR count). The number of benzene rings is 1. The maximum absolute atomic E-state index is 11.1. The third kappa shape index (κ3) is 1.58. The van der Waals surface area contributed by atoms with Gasteiger partial charge in [-0.3, -0.25) is 0 Å². The molecule has 3 heteroatoms. The first-order valence-electron chi connectivity index (χ1n) is 5.25. The van der Waals surface area contributed by atoms with Crippen LogP contribution in [0.4, 0.5) is 0 Å². The molecule has 0 unspecified atom stereocenters. The Hall–Kier alpha value is -1.77. The predicted octanol–water partition coefficient (Wildman–Crippen LogP) is 3.09. The smallest absolute Gasteiger partial charge is 0.336 e. The summed E-state index contributed by atoms with van der Waals surface area (Å²) in [6.45, 7) is 6.29. The first-order valence-corrected chi connectivity index (χ1v) is 5.25. The molecule has 0 fully saturated rings. The number of nitrogens with zero attached hydrogens (tertiary/aromatic N) is 1. The average molecular weight is 217 g/mol. The van der Waals surface area contributed by atoms with Crippen LogP contribution in [0.1, 0.15) is 31.1 Å². The van der Waals surface area contributed by atoms with Crippen molar-refractivity contribution in [3.8, 4) is 0 Å². The van der Waals surface area contributed by atoms with Crippen molar-refractivity contribution < 1.29 is 9.90 Å². The van der Waals surface area contributed by atoms with Crippen LogP contribution in [0.5, 0.6) is 0 Å². The summed E-state index contributed by atoms with van der Waals surface area (Å²) in [6.07, 6.45) is 1.94. The summed E-state index contributed by atoms with van der Waals surface area (Å²) in [5.74, 6) is -0.878. The van der Waals surface area contributed by atoms with Gasteiger partial charge in [-0.2, -0.15) is 0 Å². The number of hydrogen-bond donors (Lipinski definition) is 1. The molecule has 0 amide bonds. The van der Waals surface area contributed by atoms with Crippen molar-refractivity contribution >= 4 is 16.9 Å². The largest absolute Gasteiger partial charge is 0.478 e. The summed E-state index contributed by atoms with van der Waals surface area (Å²) in [7, 11) is 0. The van der Waals surface area contributed by atoms with Crippen molar-refractivity contribution in [2.24, 2.45) is 0 Å². The lowest BCUT2D eigenvalue weighted by Crippen LogP contribution is -2.20. The number of hydrogen-bond acceptors (Lipinski definition) is 1. The molecular weight excluding hydrogens is 202 g/mol. The third-order valence-electron chi connectivity index (χ3n) is 2.69. The predicted molar refractivity (Wildman–Crippen MR) is 63.9 cm³/mol. The second-order valence-electron chi connectivity index (χ2n) is 4.90. The van der Waals surface area contributed by atoms with Crippen molar-refractivity contribution in [2.45, 2.75) is 26.3 Å². The molecule has 0 saturated heterocycles. The summed E-state index contributed by atoms with van der Waals surface area (Å²) >= 11 is 0. The van der Waals surface area contributed by atoms with E-state index in [0.29, 0.717) is 5.56 Å². The van der Waals surface area contributed by atoms with Gasteiger partial charge in [0.1, 0.15) is 0 Å². The van der Waals surface area contributed by atoms with Crippen LogP contribution in [-0.4, -0.2) is 15.6 Å². The molecule has 1 aromatic heterocycles. The van der Waals surface area contributed by atoms with Gasteiger partial charge in [0.25, 0.3) is 0 Å². The Morgan fingerprint density at radius 1 is 1.25 bits per heavy atom. The van der Waals surface area contributed by atoms with Crippen LogP contribution in [0.25, 0.3) is 10.9 Å². The topological polar surface area (TPSA) is 42.2 Å². The average Bonchev–Trinajstić information content (AvgIpc) is 2.59. The van der Waals surface area contributed by atoms with Crippen LogP contribution in [0.15, 0.2) is 30.5 Å². The lowest BCUT2D eigenvalue weighted by molar-refractivity contribution is 0.0699. The summed E-state index contributed by atoms with van der Waals surface area (Å²) < 4.78 is 2.09. The van der Waals surface area contributed by atoms with Gasteiger partial charge in [0, 0.05) is 22.6 Å². The first kappa shape index (κ1) is 10.7. The lowest BCUT2D eigenvalue weighted by atomic mass is 10.1. The van der Waals surface area contributed by atoms with Gasteiger partial charge in [0.2, 0.25) is 0 Å². The van der Waals surface area contributed by atoms with E-state index >= 15 is 0 Å². The number of aromatic carboxylic acids is 1. The summed E-state index contributed by atoms with van der Waals surface area (Å²) in [4.78, 5) is 11.1. The van der Waals surface area contributed by atoms with Crippen LogP contribution in [0.2, 0.25) is 0 Å². The molecule has 84 valence electrons. The van der Waals surface area contributed by atoms with E-state index in [1.54, 1.807) is 12.1 Å². The summed E-state index contributed by atoms with van der Waals surface area (Å²) in [6, 6.07) is 7.24. The van der Waals surface area contributed by atoms with Gasteiger partial charge < -0.3 is 9.67 Å². The van der Waals surface area contributed by atoms with E-state index in [2.05, 4.69) is 25.3 Å². The van der Waals surface area contributed by atoms with Crippen LogP contribution >= 0.6 is 0 Å². The zero-order valence-electron chi connectivity index (χ0n) is 9.69. The van der Waals surface area contributed by atoms with Crippen LogP contribution in [0.3, 0.4) is 0 Å². The molecule has 0 aliphatic carbocycles. The molecule has 0 saturated carbocycles. The van der Waals surface area contributed by atoms with Crippen LogP contribution < -0.4 is 0 Å². The highest BCUT2D eigenvalue weighted by Crippen LogP contribution is 2.26. The highest BCUT2D eigenvalue weighted by atomic mass is 16.4. The van der Waals surface area contributed by atoms with E-state index in [-0.39, 0.29) is 5.54 Å². The monoisotopic (exact) mass is 217 g/mol. The first-order chi connectivity index (χ1) is 7.41. The van der Waals surface area contributed by atoms with Crippen molar-refractivity contribution in [3.05, 3.63) is 36.0 Å². The molecule has 0 spiro atoms. The zero-order chi connectivity index (χ0) is 11.9. The Balaban J connectivity index is 2.76. The van der Waals surface area contributed by atoms with E-state index in [0.717, 1.165) is 10.9 Å². The van der Waals surface area contributed by atoms with Crippen molar-refractivity contribution in [2.75, 3.05) is 0 Å². The van der Waals surface area contributed by atoms with E-state index in [9.17, 15) is 4.79 Å². The minimum Gasteiger partial charge on any atom is -0.478 e. The Morgan fingerprint density at radius 3 is 2.50 bits per heavy atom. The molecule has 0 atom stereocenters. The molecule has 0 bridgehead atoms. The number of rotatable bonds is 1. The third-order valence-corrected chi connectivity index (χ3v) is 2.69. The minimum atomic E-state index is -0.878. The Bertz CT molecular complexity index is 547. The second-order valence-corrected chi connectivity index (χ2v) is 4.90. The van der Waals surface area contributed by atoms with E-state index in [4.69, 9.17) is 5.11 Å². The SMILES string of the molecule is CC(C)(C)n1ccc2c(C(=O)O)cccc21. The van der Waals surface area contributed by atoms with Crippen molar-refractivity contribution in [1.29, 1.82) is 0 Å². The molecule has 1 heterocycles. The van der Waals surface area contributed by atoms with E-state index in [1.165, 1.54) is 0 Å². The second kappa shape index (κ2) is 3.37. The van der Waals surface area contributed by atoms with Gasteiger partial charge in [0.05, 0.1) is 5.56 Å². The fourth-order valence-corrected chi connectivity index (χ4v) is 1.94. The minimum absolute atomic E-state index is 0.0428. The number of aromatic nitrogens is 1. The van der Waals surface area contributed by atoms with Crippen LogP contribution in [-0.2, 0) is 5.54 Å². The van der Waals surface area contributed by atoms with Crippen LogP contribution in [0, 0.1) is 0 Å². The Kier molecular flexibility index (Phi) is 2.26. The molecule has 2 aromatic rings. The summed E-state index contributed by atoms with van der Waals surface area (Å²) in [5.41, 5.74) is 1.28. The standard InChI is InChI=1S/C13H15NO2/c1-13(2,3)14-8-7-9-10(12(15)16)5-4-6-11(9)14/h4-8H,1-3H3,(H,15,16). The Labute approximate surface area is 94.3 Å². The van der Waals surface area contributed by atoms with Gasteiger partial charge in [-0.25, -0.2) is 4.79 Å². The maximum atomic E-state index is 11.1. The fourth-order valence-electron chi connectivity index (χ4n) is 1.94. The van der Waals surface area contributed by atoms with Gasteiger partial charge in [0.15, 0.2) is 0 Å². The molecule has 1 aromatic carbocycles. The van der Waals surface area contributed by atoms with Gasteiger partial charge in [-0.05, 0) is 39.0 Å². The maximum Gasteiger partial charge on any atom is 0.336 e.